The number of aromatic amines is 1. The summed E-state index contributed by atoms with van der Waals surface area (Å²) in [5.74, 6) is -0.401. The fourth-order valence-corrected chi connectivity index (χ4v) is 3.57. The maximum Gasteiger partial charge on any atom is 0.268 e. The normalized spacial score (nSPS) is 10.7. The quantitative estimate of drug-likeness (QED) is 0.494. The standard InChI is InChI=1S/C19H17Br2N3O2/c1-11-6-7-12(20)10-15(11)23-16(25)8-9-22-19(26)18-17(21)13-4-2-3-5-14(13)24-18/h2-7,10,24H,8-9H2,1H3,(H,22,26)(H,23,25). The molecule has 2 aromatic carbocycles. The third-order valence-corrected chi connectivity index (χ3v) is 5.30. The highest BCUT2D eigenvalue weighted by Gasteiger charge is 2.15. The number of fused-ring (bicyclic) bond motifs is 1. The number of halogens is 2. The number of nitrogens with one attached hydrogen (secondary N) is 3. The summed E-state index contributed by atoms with van der Waals surface area (Å²) in [6.45, 7) is 2.18. The molecule has 1 heterocycles. The summed E-state index contributed by atoms with van der Waals surface area (Å²) in [6, 6.07) is 13.4. The van der Waals surface area contributed by atoms with Gasteiger partial charge in [0.05, 0.1) is 4.47 Å². The monoisotopic (exact) mass is 477 g/mol. The Bertz CT molecular complexity index is 982. The maximum atomic E-state index is 12.4. The molecule has 0 aliphatic carbocycles. The van der Waals surface area contributed by atoms with Gasteiger partial charge in [0.2, 0.25) is 5.91 Å². The number of H-pyrrole nitrogens is 1. The van der Waals surface area contributed by atoms with Gasteiger partial charge in [0.1, 0.15) is 5.69 Å². The van der Waals surface area contributed by atoms with E-state index in [2.05, 4.69) is 47.5 Å². The van der Waals surface area contributed by atoms with Gasteiger partial charge < -0.3 is 15.6 Å². The zero-order valence-corrected chi connectivity index (χ0v) is 17.2. The van der Waals surface area contributed by atoms with E-state index < -0.39 is 0 Å². The minimum absolute atomic E-state index is 0.151. The van der Waals surface area contributed by atoms with E-state index in [0.29, 0.717) is 5.69 Å². The van der Waals surface area contributed by atoms with E-state index in [0.717, 1.165) is 31.1 Å². The number of aromatic nitrogens is 1. The highest BCUT2D eigenvalue weighted by molar-refractivity contribution is 9.11. The van der Waals surface area contributed by atoms with Gasteiger partial charge in [0, 0.05) is 34.0 Å². The minimum Gasteiger partial charge on any atom is -0.350 e. The average Bonchev–Trinajstić information content (AvgIpc) is 2.95. The Morgan fingerprint density at radius 1 is 1.12 bits per heavy atom. The summed E-state index contributed by atoms with van der Waals surface area (Å²) in [6.07, 6.45) is 0.190. The van der Waals surface area contributed by atoms with Crippen molar-refractivity contribution in [2.24, 2.45) is 0 Å². The summed E-state index contributed by atoms with van der Waals surface area (Å²) in [4.78, 5) is 27.6. The van der Waals surface area contributed by atoms with E-state index in [1.54, 1.807) is 0 Å². The highest BCUT2D eigenvalue weighted by atomic mass is 79.9. The molecule has 0 saturated carbocycles. The topological polar surface area (TPSA) is 74.0 Å². The van der Waals surface area contributed by atoms with Crippen molar-refractivity contribution in [1.29, 1.82) is 0 Å². The van der Waals surface area contributed by atoms with Gasteiger partial charge in [-0.15, -0.1) is 0 Å². The molecule has 0 unspecified atom stereocenters. The predicted molar refractivity (Wildman–Crippen MR) is 110 cm³/mol. The van der Waals surface area contributed by atoms with Gasteiger partial charge >= 0.3 is 0 Å². The van der Waals surface area contributed by atoms with Crippen LogP contribution in [-0.2, 0) is 4.79 Å². The van der Waals surface area contributed by atoms with Gasteiger partial charge in [-0.1, -0.05) is 40.2 Å². The van der Waals surface area contributed by atoms with Gasteiger partial charge in [-0.2, -0.15) is 0 Å². The Hall–Kier alpha value is -2.12. The smallest absolute Gasteiger partial charge is 0.268 e. The number of para-hydroxylation sites is 1. The Labute approximate surface area is 167 Å². The number of amides is 2. The molecule has 3 N–H and O–H groups in total. The van der Waals surface area contributed by atoms with Crippen LogP contribution in [0.1, 0.15) is 22.5 Å². The molecule has 3 aromatic rings. The average molecular weight is 479 g/mol. The molecular formula is C19H17Br2N3O2. The summed E-state index contributed by atoms with van der Waals surface area (Å²) < 4.78 is 1.62. The van der Waals surface area contributed by atoms with Crippen LogP contribution in [0.25, 0.3) is 10.9 Å². The molecule has 0 atom stereocenters. The second-order valence-electron chi connectivity index (χ2n) is 5.87. The van der Waals surface area contributed by atoms with Crippen molar-refractivity contribution >= 4 is 60.3 Å². The Morgan fingerprint density at radius 3 is 2.65 bits per heavy atom. The number of carbonyl (C=O) groups excluding carboxylic acids is 2. The number of aryl methyl sites for hydroxylation is 1. The predicted octanol–water partition coefficient (Wildman–Crippen LogP) is 4.76. The van der Waals surface area contributed by atoms with Crippen LogP contribution in [-0.4, -0.2) is 23.3 Å². The van der Waals surface area contributed by atoms with Gasteiger partial charge in [0.15, 0.2) is 0 Å². The second-order valence-corrected chi connectivity index (χ2v) is 7.58. The lowest BCUT2D eigenvalue weighted by molar-refractivity contribution is -0.116. The summed E-state index contributed by atoms with van der Waals surface area (Å²) in [5, 5.41) is 6.58. The van der Waals surface area contributed by atoms with E-state index >= 15 is 0 Å². The first kappa shape index (κ1) is 18.7. The number of rotatable bonds is 5. The first-order valence-electron chi connectivity index (χ1n) is 8.06. The Morgan fingerprint density at radius 2 is 1.88 bits per heavy atom. The van der Waals surface area contributed by atoms with Crippen LogP contribution < -0.4 is 10.6 Å². The molecule has 7 heteroatoms. The highest BCUT2D eigenvalue weighted by Crippen LogP contribution is 2.27. The molecule has 1 aromatic heterocycles. The summed E-state index contributed by atoms with van der Waals surface area (Å²) in [5.41, 5.74) is 3.07. The third-order valence-electron chi connectivity index (χ3n) is 3.98. The Balaban J connectivity index is 1.57. The van der Waals surface area contributed by atoms with Crippen LogP contribution in [0.4, 0.5) is 5.69 Å². The van der Waals surface area contributed by atoms with Crippen molar-refractivity contribution in [3.63, 3.8) is 0 Å². The molecule has 0 aliphatic rings. The second kappa shape index (κ2) is 8.05. The van der Waals surface area contributed by atoms with Crippen molar-refractivity contribution in [2.75, 3.05) is 11.9 Å². The van der Waals surface area contributed by atoms with Crippen LogP contribution in [0.5, 0.6) is 0 Å². The lowest BCUT2D eigenvalue weighted by atomic mass is 10.2. The number of carbonyl (C=O) groups is 2. The van der Waals surface area contributed by atoms with Crippen LogP contribution in [0, 0.1) is 6.92 Å². The lowest BCUT2D eigenvalue weighted by Gasteiger charge is -2.09. The van der Waals surface area contributed by atoms with Gasteiger partial charge in [-0.05, 0) is 46.6 Å². The van der Waals surface area contributed by atoms with Gasteiger partial charge in [-0.25, -0.2) is 0 Å². The molecule has 2 amide bonds. The Kier molecular flexibility index (Phi) is 5.78. The fourth-order valence-electron chi connectivity index (χ4n) is 2.58. The number of hydrogen-bond donors (Lipinski definition) is 3. The first-order chi connectivity index (χ1) is 12.5. The van der Waals surface area contributed by atoms with Gasteiger partial charge in [0.25, 0.3) is 5.91 Å². The molecule has 0 saturated heterocycles. The molecule has 26 heavy (non-hydrogen) atoms. The van der Waals surface area contributed by atoms with Crippen molar-refractivity contribution in [2.45, 2.75) is 13.3 Å². The van der Waals surface area contributed by atoms with Crippen LogP contribution in [0.3, 0.4) is 0 Å². The number of hydrogen-bond acceptors (Lipinski definition) is 2. The molecule has 0 fully saturated rings. The fraction of sp³-hybridized carbons (Fsp3) is 0.158. The largest absolute Gasteiger partial charge is 0.350 e. The van der Waals surface area contributed by atoms with Crippen molar-refractivity contribution in [1.82, 2.24) is 10.3 Å². The zero-order valence-electron chi connectivity index (χ0n) is 14.0. The van der Waals surface area contributed by atoms with Crippen molar-refractivity contribution < 1.29 is 9.59 Å². The summed E-state index contributed by atoms with van der Waals surface area (Å²) >= 11 is 6.85. The van der Waals surface area contributed by atoms with Gasteiger partial charge in [-0.3, -0.25) is 9.59 Å². The minimum atomic E-state index is -0.250. The molecule has 0 radical (unpaired) electrons. The van der Waals surface area contributed by atoms with E-state index in [-0.39, 0.29) is 24.8 Å². The molecule has 0 spiro atoms. The third kappa shape index (κ3) is 4.16. The SMILES string of the molecule is Cc1ccc(Br)cc1NC(=O)CCNC(=O)c1[nH]c2ccccc2c1Br. The molecule has 0 bridgehead atoms. The molecule has 134 valence electrons. The van der Waals surface area contributed by atoms with E-state index in [1.807, 2.05) is 49.4 Å². The van der Waals surface area contributed by atoms with E-state index in [9.17, 15) is 9.59 Å². The van der Waals surface area contributed by atoms with E-state index in [4.69, 9.17) is 0 Å². The number of benzene rings is 2. The summed E-state index contributed by atoms with van der Waals surface area (Å²) in [7, 11) is 0. The lowest BCUT2D eigenvalue weighted by Crippen LogP contribution is -2.28. The number of anilines is 1. The molecular weight excluding hydrogens is 462 g/mol. The van der Waals surface area contributed by atoms with Crippen molar-refractivity contribution in [3.05, 3.63) is 62.7 Å². The van der Waals surface area contributed by atoms with Crippen LogP contribution >= 0.6 is 31.9 Å². The zero-order chi connectivity index (χ0) is 18.7. The molecule has 3 rings (SSSR count). The molecule has 0 aliphatic heterocycles. The van der Waals surface area contributed by atoms with Crippen LogP contribution in [0.15, 0.2) is 51.4 Å². The van der Waals surface area contributed by atoms with Crippen LogP contribution in [0.2, 0.25) is 0 Å². The first-order valence-corrected chi connectivity index (χ1v) is 9.64. The van der Waals surface area contributed by atoms with Crippen molar-refractivity contribution in [3.8, 4) is 0 Å². The maximum absolute atomic E-state index is 12.4. The van der Waals surface area contributed by atoms with E-state index in [1.165, 1.54) is 0 Å². The molecule has 5 nitrogen and oxygen atoms in total.